The summed E-state index contributed by atoms with van der Waals surface area (Å²) in [5.41, 5.74) is 4.85. The van der Waals surface area contributed by atoms with Gasteiger partial charge in [0, 0.05) is 11.4 Å². The number of nitrogens with one attached hydrogen (secondary N) is 1. The molecule has 0 aliphatic heterocycles. The first-order valence-electron chi connectivity index (χ1n) is 5.72. The zero-order chi connectivity index (χ0) is 13.8. The quantitative estimate of drug-likeness (QED) is 0.728. The number of aliphatic carboxylic acids is 1. The smallest absolute Gasteiger partial charge is 0.331 e. The lowest BCUT2D eigenvalue weighted by molar-refractivity contribution is -0.143. The van der Waals surface area contributed by atoms with E-state index in [4.69, 9.17) is 10.8 Å². The molecule has 1 aromatic rings. The summed E-state index contributed by atoms with van der Waals surface area (Å²) in [5.74, 6) is -1.39. The number of amides is 1. The van der Waals surface area contributed by atoms with Gasteiger partial charge >= 0.3 is 5.97 Å². The molecule has 6 heteroatoms. The van der Waals surface area contributed by atoms with Crippen molar-refractivity contribution in [1.29, 1.82) is 0 Å². The van der Waals surface area contributed by atoms with E-state index in [1.54, 1.807) is 24.4 Å². The van der Waals surface area contributed by atoms with Crippen LogP contribution in [-0.4, -0.2) is 23.5 Å². The molecule has 0 spiro atoms. The van der Waals surface area contributed by atoms with Gasteiger partial charge < -0.3 is 16.2 Å². The summed E-state index contributed by atoms with van der Waals surface area (Å²) in [7, 11) is 0. The van der Waals surface area contributed by atoms with E-state index in [0.29, 0.717) is 11.3 Å². The van der Waals surface area contributed by atoms with Gasteiger partial charge in [0.25, 0.3) is 0 Å². The summed E-state index contributed by atoms with van der Waals surface area (Å²) < 4.78 is 0. The summed E-state index contributed by atoms with van der Waals surface area (Å²) in [6.07, 6.45) is 0.562. The number of carbonyl (C=O) groups excluding carboxylic acids is 1. The predicted molar refractivity (Wildman–Crippen MR) is 70.3 cm³/mol. The average Bonchev–Trinajstić information content (AvgIpc) is 2.87. The van der Waals surface area contributed by atoms with E-state index in [9.17, 15) is 9.59 Å². The second-order valence-electron chi connectivity index (χ2n) is 4.38. The van der Waals surface area contributed by atoms with Crippen molar-refractivity contribution in [3.05, 3.63) is 22.4 Å². The van der Waals surface area contributed by atoms with Crippen LogP contribution in [0.2, 0.25) is 0 Å². The van der Waals surface area contributed by atoms with Gasteiger partial charge in [-0.3, -0.25) is 4.79 Å². The number of hydrogen-bond acceptors (Lipinski definition) is 4. The Morgan fingerprint density at radius 1 is 1.61 bits per heavy atom. The number of hydrogen-bond donors (Lipinski definition) is 3. The molecule has 18 heavy (non-hydrogen) atoms. The number of carbonyl (C=O) groups is 2. The molecule has 1 heterocycles. The molecule has 2 unspecified atom stereocenters. The van der Waals surface area contributed by atoms with Gasteiger partial charge in [0.2, 0.25) is 5.91 Å². The van der Waals surface area contributed by atoms with Crippen LogP contribution in [0.15, 0.2) is 17.5 Å². The molecular formula is C12H18N2O3S. The summed E-state index contributed by atoms with van der Waals surface area (Å²) in [5, 5.41) is 13.5. The Kier molecular flexibility index (Phi) is 4.86. The molecule has 100 valence electrons. The van der Waals surface area contributed by atoms with E-state index in [1.807, 2.05) is 6.92 Å². The van der Waals surface area contributed by atoms with E-state index in [1.165, 1.54) is 11.3 Å². The van der Waals surface area contributed by atoms with E-state index in [2.05, 4.69) is 5.32 Å². The lowest BCUT2D eigenvalue weighted by atomic mass is 9.86. The van der Waals surface area contributed by atoms with Gasteiger partial charge in [-0.2, -0.15) is 0 Å². The molecule has 0 aliphatic rings. The minimum Gasteiger partial charge on any atom is -0.479 e. The van der Waals surface area contributed by atoms with Crippen molar-refractivity contribution < 1.29 is 14.7 Å². The summed E-state index contributed by atoms with van der Waals surface area (Å²) in [6.45, 7) is 3.77. The van der Waals surface area contributed by atoms with Crippen molar-refractivity contribution in [2.45, 2.75) is 26.3 Å². The third-order valence-electron chi connectivity index (χ3n) is 3.13. The zero-order valence-electron chi connectivity index (χ0n) is 10.5. The second kappa shape index (κ2) is 5.97. The van der Waals surface area contributed by atoms with Gasteiger partial charge in [-0.15, -0.1) is 11.3 Å². The number of thiophene rings is 1. The fourth-order valence-corrected chi connectivity index (χ4v) is 2.18. The van der Waals surface area contributed by atoms with Crippen LogP contribution in [0.1, 0.15) is 31.2 Å². The van der Waals surface area contributed by atoms with Gasteiger partial charge in [-0.05, 0) is 24.8 Å². The standard InChI is InChI=1S/C12H18N2O3S/c1-3-12(2,7-13)11(17)14-9(10(15)16)8-5-4-6-18-8/h4-6,9H,3,7,13H2,1-2H3,(H,14,17)(H,15,16). The largest absolute Gasteiger partial charge is 0.479 e. The highest BCUT2D eigenvalue weighted by molar-refractivity contribution is 7.10. The van der Waals surface area contributed by atoms with Crippen molar-refractivity contribution in [1.82, 2.24) is 5.32 Å². The Labute approximate surface area is 110 Å². The summed E-state index contributed by atoms with van der Waals surface area (Å²) >= 11 is 1.30. The lowest BCUT2D eigenvalue weighted by Crippen LogP contribution is -2.46. The van der Waals surface area contributed by atoms with Gasteiger partial charge in [-0.1, -0.05) is 13.0 Å². The van der Waals surface area contributed by atoms with Crippen LogP contribution in [0, 0.1) is 5.41 Å². The Hall–Kier alpha value is -1.40. The molecule has 1 aromatic heterocycles. The normalized spacial score (nSPS) is 15.7. The molecule has 1 rings (SSSR count). The van der Waals surface area contributed by atoms with Gasteiger partial charge in [0.1, 0.15) is 0 Å². The van der Waals surface area contributed by atoms with Gasteiger partial charge in [-0.25, -0.2) is 4.79 Å². The minimum atomic E-state index is -1.07. The second-order valence-corrected chi connectivity index (χ2v) is 5.36. The Morgan fingerprint density at radius 3 is 2.67 bits per heavy atom. The number of rotatable bonds is 6. The van der Waals surface area contributed by atoms with Crippen LogP contribution < -0.4 is 11.1 Å². The van der Waals surface area contributed by atoms with Crippen LogP contribution in [-0.2, 0) is 9.59 Å². The maximum absolute atomic E-state index is 12.1. The topological polar surface area (TPSA) is 92.4 Å². The first-order valence-corrected chi connectivity index (χ1v) is 6.60. The number of nitrogens with two attached hydrogens (primary N) is 1. The van der Waals surface area contributed by atoms with Crippen LogP contribution in [0.4, 0.5) is 0 Å². The third-order valence-corrected chi connectivity index (χ3v) is 4.07. The monoisotopic (exact) mass is 270 g/mol. The molecule has 0 aliphatic carbocycles. The summed E-state index contributed by atoms with van der Waals surface area (Å²) in [4.78, 5) is 23.9. The van der Waals surface area contributed by atoms with E-state index < -0.39 is 17.4 Å². The number of carboxylic acids is 1. The highest BCUT2D eigenvalue weighted by Crippen LogP contribution is 2.24. The first kappa shape index (κ1) is 14.7. The predicted octanol–water partition coefficient (Wildman–Crippen LogP) is 1.37. The highest BCUT2D eigenvalue weighted by Gasteiger charge is 2.33. The van der Waals surface area contributed by atoms with Crippen molar-refractivity contribution in [3.63, 3.8) is 0 Å². The van der Waals surface area contributed by atoms with Crippen LogP contribution in [0.3, 0.4) is 0 Å². The van der Waals surface area contributed by atoms with E-state index >= 15 is 0 Å². The molecule has 0 saturated heterocycles. The number of carboxylic acid groups (broad SMARTS) is 1. The lowest BCUT2D eigenvalue weighted by Gasteiger charge is -2.26. The molecular weight excluding hydrogens is 252 g/mol. The molecule has 5 nitrogen and oxygen atoms in total. The fraction of sp³-hybridized carbons (Fsp3) is 0.500. The van der Waals surface area contributed by atoms with Crippen LogP contribution >= 0.6 is 11.3 Å². The van der Waals surface area contributed by atoms with Crippen molar-refractivity contribution >= 4 is 23.2 Å². The molecule has 0 bridgehead atoms. The van der Waals surface area contributed by atoms with Crippen molar-refractivity contribution in [2.24, 2.45) is 11.1 Å². The summed E-state index contributed by atoms with van der Waals surface area (Å²) in [6, 6.07) is 2.44. The molecule has 4 N–H and O–H groups in total. The Balaban J connectivity index is 2.86. The minimum absolute atomic E-state index is 0.187. The maximum Gasteiger partial charge on any atom is 0.331 e. The SMILES string of the molecule is CCC(C)(CN)C(=O)NC(C(=O)O)c1cccs1. The molecule has 0 saturated carbocycles. The third kappa shape index (κ3) is 3.08. The van der Waals surface area contributed by atoms with Crippen molar-refractivity contribution in [3.8, 4) is 0 Å². The molecule has 0 radical (unpaired) electrons. The average molecular weight is 270 g/mol. The van der Waals surface area contributed by atoms with E-state index in [0.717, 1.165) is 0 Å². The molecule has 0 fully saturated rings. The zero-order valence-corrected chi connectivity index (χ0v) is 11.3. The fourth-order valence-electron chi connectivity index (χ4n) is 1.41. The van der Waals surface area contributed by atoms with Crippen LogP contribution in [0.5, 0.6) is 0 Å². The molecule has 1 amide bonds. The maximum atomic E-state index is 12.1. The molecule has 0 aromatic carbocycles. The Morgan fingerprint density at radius 2 is 2.28 bits per heavy atom. The molecule has 2 atom stereocenters. The first-order chi connectivity index (χ1) is 8.44. The Bertz CT molecular complexity index is 413. The van der Waals surface area contributed by atoms with Gasteiger partial charge in [0.15, 0.2) is 6.04 Å². The van der Waals surface area contributed by atoms with Gasteiger partial charge in [0.05, 0.1) is 5.41 Å². The van der Waals surface area contributed by atoms with Crippen LogP contribution in [0.25, 0.3) is 0 Å². The highest BCUT2D eigenvalue weighted by atomic mass is 32.1. The van der Waals surface area contributed by atoms with Crippen molar-refractivity contribution in [2.75, 3.05) is 6.54 Å². The van der Waals surface area contributed by atoms with E-state index in [-0.39, 0.29) is 12.5 Å².